The zero-order chi connectivity index (χ0) is 21.2. The van der Waals surface area contributed by atoms with E-state index in [1.54, 1.807) is 17.7 Å². The van der Waals surface area contributed by atoms with Crippen molar-refractivity contribution >= 4 is 0 Å². The minimum absolute atomic E-state index is 0.214. The van der Waals surface area contributed by atoms with Crippen molar-refractivity contribution in [2.75, 3.05) is 6.61 Å². The minimum atomic E-state index is -0.214. The molecule has 0 aromatic heterocycles. The second-order valence-electron chi connectivity index (χ2n) is 9.84. The molecule has 0 spiro atoms. The Kier molecular flexibility index (Phi) is 9.75. The van der Waals surface area contributed by atoms with Crippen LogP contribution in [0, 0.1) is 23.6 Å². The van der Waals surface area contributed by atoms with Crippen molar-refractivity contribution in [2.45, 2.75) is 104 Å². The van der Waals surface area contributed by atoms with E-state index in [1.807, 2.05) is 6.07 Å². The van der Waals surface area contributed by atoms with Gasteiger partial charge in [0.2, 0.25) is 0 Å². The molecule has 0 saturated heterocycles. The van der Waals surface area contributed by atoms with E-state index in [9.17, 15) is 4.39 Å². The lowest BCUT2D eigenvalue weighted by Crippen LogP contribution is -2.15. The molecular weight excluding hydrogens is 371 g/mol. The number of benzene rings is 1. The molecule has 1 aromatic carbocycles. The lowest BCUT2D eigenvalue weighted by Gasteiger charge is -2.29. The maximum Gasteiger partial charge on any atom is 0.165 e. The molecule has 2 aliphatic rings. The van der Waals surface area contributed by atoms with Crippen LogP contribution in [-0.2, 0) is 6.42 Å². The van der Waals surface area contributed by atoms with E-state index in [4.69, 9.17) is 4.74 Å². The third-order valence-electron chi connectivity index (χ3n) is 7.63. The molecule has 0 aliphatic heterocycles. The SMILES string of the molecule is CCCCOc1ccc(CCC2=CCC(CCC3CCC(CC)CC3)CC2)cc1F. The van der Waals surface area contributed by atoms with Gasteiger partial charge in [0.25, 0.3) is 0 Å². The maximum atomic E-state index is 14.2. The van der Waals surface area contributed by atoms with E-state index in [-0.39, 0.29) is 5.82 Å². The van der Waals surface area contributed by atoms with E-state index in [0.29, 0.717) is 12.4 Å². The Balaban J connectivity index is 1.35. The van der Waals surface area contributed by atoms with E-state index in [0.717, 1.165) is 49.0 Å². The van der Waals surface area contributed by atoms with Gasteiger partial charge < -0.3 is 4.74 Å². The minimum Gasteiger partial charge on any atom is -0.491 e. The average Bonchev–Trinajstić information content (AvgIpc) is 2.79. The Bertz CT molecular complexity index is 657. The van der Waals surface area contributed by atoms with Crippen molar-refractivity contribution < 1.29 is 9.13 Å². The first-order valence-corrected chi connectivity index (χ1v) is 12.8. The Labute approximate surface area is 184 Å². The highest BCUT2D eigenvalue weighted by Gasteiger charge is 2.22. The normalized spacial score (nSPS) is 24.5. The number of allylic oxidation sites excluding steroid dienone is 2. The predicted molar refractivity (Wildman–Crippen MR) is 126 cm³/mol. The molecule has 1 atom stereocenters. The first kappa shape index (κ1) is 23.4. The fraction of sp³-hybridized carbons (Fsp3) is 0.714. The largest absolute Gasteiger partial charge is 0.491 e. The van der Waals surface area contributed by atoms with E-state index >= 15 is 0 Å². The fourth-order valence-electron chi connectivity index (χ4n) is 5.28. The molecule has 0 bridgehead atoms. The third kappa shape index (κ3) is 7.43. The fourth-order valence-corrected chi connectivity index (χ4v) is 5.28. The lowest BCUT2D eigenvalue weighted by atomic mass is 9.76. The highest BCUT2D eigenvalue weighted by atomic mass is 19.1. The number of hydrogen-bond donors (Lipinski definition) is 0. The summed E-state index contributed by atoms with van der Waals surface area (Å²) < 4.78 is 19.8. The zero-order valence-corrected chi connectivity index (χ0v) is 19.4. The second-order valence-corrected chi connectivity index (χ2v) is 9.84. The molecule has 0 N–H and O–H groups in total. The van der Waals surface area contributed by atoms with Crippen molar-refractivity contribution in [3.05, 3.63) is 41.2 Å². The molecule has 1 unspecified atom stereocenters. The molecule has 0 heterocycles. The Morgan fingerprint density at radius 1 is 0.933 bits per heavy atom. The van der Waals surface area contributed by atoms with Gasteiger partial charge in [-0.1, -0.05) is 76.5 Å². The van der Waals surface area contributed by atoms with Gasteiger partial charge in [0.15, 0.2) is 11.6 Å². The van der Waals surface area contributed by atoms with Crippen LogP contribution < -0.4 is 4.74 Å². The first-order valence-electron chi connectivity index (χ1n) is 12.8. The molecule has 1 fully saturated rings. The highest BCUT2D eigenvalue weighted by Crippen LogP contribution is 2.36. The van der Waals surface area contributed by atoms with Gasteiger partial charge >= 0.3 is 0 Å². The number of ether oxygens (including phenoxy) is 1. The van der Waals surface area contributed by atoms with Crippen LogP contribution >= 0.6 is 0 Å². The molecule has 30 heavy (non-hydrogen) atoms. The number of halogens is 1. The molecule has 1 nitrogen and oxygen atoms in total. The van der Waals surface area contributed by atoms with Gasteiger partial charge in [0.05, 0.1) is 6.61 Å². The van der Waals surface area contributed by atoms with Gasteiger partial charge in [0, 0.05) is 0 Å². The first-order chi connectivity index (χ1) is 14.7. The van der Waals surface area contributed by atoms with Gasteiger partial charge in [-0.25, -0.2) is 4.39 Å². The number of rotatable bonds is 11. The molecule has 1 aromatic rings. The average molecular weight is 415 g/mol. The summed E-state index contributed by atoms with van der Waals surface area (Å²) in [6.07, 6.45) is 20.6. The van der Waals surface area contributed by atoms with Crippen LogP contribution in [0.1, 0.15) is 103 Å². The second kappa shape index (κ2) is 12.5. The Morgan fingerprint density at radius 3 is 2.37 bits per heavy atom. The quantitative estimate of drug-likeness (QED) is 0.260. The van der Waals surface area contributed by atoms with Crippen molar-refractivity contribution in [1.82, 2.24) is 0 Å². The van der Waals surface area contributed by atoms with Gasteiger partial charge in [-0.3, -0.25) is 0 Å². The molecule has 2 heteroatoms. The molecule has 1 saturated carbocycles. The van der Waals surface area contributed by atoms with Gasteiger partial charge in [0.1, 0.15) is 0 Å². The molecule has 3 rings (SSSR count). The van der Waals surface area contributed by atoms with Crippen molar-refractivity contribution in [1.29, 1.82) is 0 Å². The summed E-state index contributed by atoms with van der Waals surface area (Å²) in [5, 5.41) is 0. The van der Waals surface area contributed by atoms with Crippen LogP contribution in [-0.4, -0.2) is 6.61 Å². The summed E-state index contributed by atoms with van der Waals surface area (Å²) >= 11 is 0. The topological polar surface area (TPSA) is 9.23 Å². The van der Waals surface area contributed by atoms with Crippen molar-refractivity contribution in [3.63, 3.8) is 0 Å². The molecular formula is C28H43FO. The Hall–Kier alpha value is -1.31. The van der Waals surface area contributed by atoms with Crippen molar-refractivity contribution in [2.24, 2.45) is 17.8 Å². The van der Waals surface area contributed by atoms with Crippen LogP contribution in [0.2, 0.25) is 0 Å². The van der Waals surface area contributed by atoms with E-state index in [2.05, 4.69) is 19.9 Å². The summed E-state index contributed by atoms with van der Waals surface area (Å²) in [5.74, 6) is 3.10. The van der Waals surface area contributed by atoms with Gasteiger partial charge in [-0.05, 0) is 80.4 Å². The third-order valence-corrected chi connectivity index (χ3v) is 7.63. The number of unbranched alkanes of at least 4 members (excludes halogenated alkanes) is 1. The molecule has 2 aliphatic carbocycles. The summed E-state index contributed by atoms with van der Waals surface area (Å²) in [6, 6.07) is 5.50. The van der Waals surface area contributed by atoms with Crippen molar-refractivity contribution in [3.8, 4) is 5.75 Å². The summed E-state index contributed by atoms with van der Waals surface area (Å²) in [4.78, 5) is 0. The predicted octanol–water partition coefficient (Wildman–Crippen LogP) is 8.66. The summed E-state index contributed by atoms with van der Waals surface area (Å²) in [5.41, 5.74) is 2.67. The van der Waals surface area contributed by atoms with Gasteiger partial charge in [-0.2, -0.15) is 0 Å². The van der Waals surface area contributed by atoms with E-state index < -0.39 is 0 Å². The number of hydrogen-bond acceptors (Lipinski definition) is 1. The van der Waals surface area contributed by atoms with Crippen LogP contribution in [0.15, 0.2) is 29.8 Å². The van der Waals surface area contributed by atoms with E-state index in [1.165, 1.54) is 64.2 Å². The van der Waals surface area contributed by atoms with Gasteiger partial charge in [-0.15, -0.1) is 0 Å². The summed E-state index contributed by atoms with van der Waals surface area (Å²) in [7, 11) is 0. The monoisotopic (exact) mass is 414 g/mol. The zero-order valence-electron chi connectivity index (χ0n) is 19.4. The van der Waals surface area contributed by atoms with Crippen LogP contribution in [0.3, 0.4) is 0 Å². The molecule has 0 amide bonds. The molecule has 168 valence electrons. The maximum absolute atomic E-state index is 14.2. The lowest BCUT2D eigenvalue weighted by molar-refractivity contribution is 0.241. The molecule has 0 radical (unpaired) electrons. The van der Waals surface area contributed by atoms with Crippen LogP contribution in [0.5, 0.6) is 5.75 Å². The Morgan fingerprint density at radius 2 is 1.70 bits per heavy atom. The summed E-state index contributed by atoms with van der Waals surface area (Å²) in [6.45, 7) is 5.07. The number of aryl methyl sites for hydroxylation is 1. The highest BCUT2D eigenvalue weighted by molar-refractivity contribution is 5.30. The van der Waals surface area contributed by atoms with Crippen LogP contribution in [0.4, 0.5) is 4.39 Å². The smallest absolute Gasteiger partial charge is 0.165 e. The van der Waals surface area contributed by atoms with Crippen LogP contribution in [0.25, 0.3) is 0 Å². The standard InChI is InChI=1S/C28H43FO/c1-3-5-20-30-28-19-18-26(21-27(28)29)17-16-25-14-12-24(13-15-25)11-10-23-8-6-22(4-2)7-9-23/h14,18-19,21-24H,3-13,15-17,20H2,1-2H3.